The summed E-state index contributed by atoms with van der Waals surface area (Å²) in [5, 5.41) is 2.43. The second kappa shape index (κ2) is 13.3. The van der Waals surface area contributed by atoms with Crippen molar-refractivity contribution in [3.05, 3.63) is 69.8 Å². The van der Waals surface area contributed by atoms with E-state index in [0.717, 1.165) is 66.2 Å². The van der Waals surface area contributed by atoms with Crippen molar-refractivity contribution in [2.24, 2.45) is 0 Å². The summed E-state index contributed by atoms with van der Waals surface area (Å²) in [6.07, 6.45) is 0. The largest absolute Gasteiger partial charge is 0.496 e. The fraction of sp³-hybridized carbons (Fsp3) is 0.600. The third kappa shape index (κ3) is 7.99. The zero-order valence-electron chi connectivity index (χ0n) is 35.6. The first kappa shape index (κ1) is 41.7. The Bertz CT molecular complexity index is 1500. The summed E-state index contributed by atoms with van der Waals surface area (Å²) in [6, 6.07) is 13.5. The third-order valence-electron chi connectivity index (χ3n) is 10.1. The van der Waals surface area contributed by atoms with Gasteiger partial charge < -0.3 is 19.0 Å². The van der Waals surface area contributed by atoms with Crippen LogP contribution in [0.2, 0.25) is 0 Å². The summed E-state index contributed by atoms with van der Waals surface area (Å²) in [5.41, 5.74) is 5.26. The molecule has 278 valence electrons. The van der Waals surface area contributed by atoms with Crippen LogP contribution in [0, 0.1) is 0 Å². The standard InChI is InChI=1S/C45H70O4Si/c1-40(2,3)28-22-31(43(10,11)12)37(47-19)34(25-28)50(46,35-26-29(41(4,5)6)23-32(38(35)48-20)44(13,14)15)36-27-30(42(7,8)9)24-33(39(36)49-21)45(16,17)18/h22-27,46H,1-21H3. The maximum atomic E-state index is 14.6. The van der Waals surface area contributed by atoms with E-state index in [4.69, 9.17) is 14.2 Å². The Hall–Kier alpha value is -2.76. The molecule has 0 fully saturated rings. The molecule has 3 aromatic carbocycles. The van der Waals surface area contributed by atoms with Gasteiger partial charge >= 0.3 is 0 Å². The predicted octanol–water partition coefficient (Wildman–Crippen LogP) is 9.46. The zero-order chi connectivity index (χ0) is 38.8. The van der Waals surface area contributed by atoms with Gasteiger partial charge in [-0.05, 0) is 65.9 Å². The number of rotatable bonds is 6. The van der Waals surface area contributed by atoms with Crippen LogP contribution < -0.4 is 29.8 Å². The predicted molar refractivity (Wildman–Crippen MR) is 218 cm³/mol. The minimum absolute atomic E-state index is 0.196. The molecule has 0 aromatic heterocycles. The monoisotopic (exact) mass is 703 g/mol. The molecule has 0 atom stereocenters. The first-order valence-corrected chi connectivity index (χ1v) is 20.2. The van der Waals surface area contributed by atoms with Crippen LogP contribution in [0.4, 0.5) is 0 Å². The first-order chi connectivity index (χ1) is 22.3. The quantitative estimate of drug-likeness (QED) is 0.205. The molecule has 0 saturated carbocycles. The van der Waals surface area contributed by atoms with Gasteiger partial charge in [0.15, 0.2) is 0 Å². The lowest BCUT2D eigenvalue weighted by Gasteiger charge is -2.39. The van der Waals surface area contributed by atoms with Crippen LogP contribution in [-0.2, 0) is 32.5 Å². The Kier molecular flexibility index (Phi) is 11.1. The van der Waals surface area contributed by atoms with Gasteiger partial charge in [0.2, 0.25) is 0 Å². The molecule has 0 unspecified atom stereocenters. The molecule has 3 rings (SSSR count). The topological polar surface area (TPSA) is 47.9 Å². The first-order valence-electron chi connectivity index (χ1n) is 18.3. The lowest BCUT2D eigenvalue weighted by molar-refractivity contribution is 0.394. The Morgan fingerprint density at radius 1 is 0.360 bits per heavy atom. The highest BCUT2D eigenvalue weighted by molar-refractivity contribution is 7.07. The minimum Gasteiger partial charge on any atom is -0.496 e. The van der Waals surface area contributed by atoms with Crippen molar-refractivity contribution in [1.82, 2.24) is 0 Å². The molecule has 0 aliphatic rings. The van der Waals surface area contributed by atoms with E-state index in [1.54, 1.807) is 21.3 Å². The summed E-state index contributed by atoms with van der Waals surface area (Å²) < 4.78 is 19.5. The fourth-order valence-electron chi connectivity index (χ4n) is 6.76. The molecule has 4 nitrogen and oxygen atoms in total. The molecular formula is C45H70O4Si. The smallest absolute Gasteiger partial charge is 0.296 e. The maximum absolute atomic E-state index is 14.6. The van der Waals surface area contributed by atoms with Crippen LogP contribution in [0.3, 0.4) is 0 Å². The Morgan fingerprint density at radius 3 is 0.700 bits per heavy atom. The van der Waals surface area contributed by atoms with Gasteiger partial charge in [0.1, 0.15) is 17.2 Å². The molecule has 0 radical (unpaired) electrons. The van der Waals surface area contributed by atoms with E-state index in [0.29, 0.717) is 0 Å². The van der Waals surface area contributed by atoms with Crippen LogP contribution in [0.25, 0.3) is 0 Å². The van der Waals surface area contributed by atoms with Crippen LogP contribution in [0.1, 0.15) is 158 Å². The molecule has 0 heterocycles. The molecule has 3 aromatic rings. The highest BCUT2D eigenvalue weighted by atomic mass is 28.4. The summed E-state index contributed by atoms with van der Waals surface area (Å²) >= 11 is 0. The average Bonchev–Trinajstić information content (AvgIpc) is 2.95. The Morgan fingerprint density at radius 2 is 0.560 bits per heavy atom. The van der Waals surface area contributed by atoms with E-state index in [1.807, 2.05) is 0 Å². The molecule has 0 aliphatic heterocycles. The van der Waals surface area contributed by atoms with Crippen LogP contribution >= 0.6 is 0 Å². The summed E-state index contributed by atoms with van der Waals surface area (Å²) in [4.78, 5) is 14.6. The average molecular weight is 703 g/mol. The SMILES string of the molecule is COc1c(C(C)(C)C)cc(C(C)(C)C)cc1[Si](O)(c1cc(C(C)(C)C)cc(C(C)(C)C)c1OC)c1cc(C(C)(C)C)cc(C(C)(C)C)c1OC. The lowest BCUT2D eigenvalue weighted by atomic mass is 9.80. The Balaban J connectivity index is 2.98. The molecule has 0 bridgehead atoms. The van der Waals surface area contributed by atoms with Gasteiger partial charge in [-0.25, -0.2) is 0 Å². The van der Waals surface area contributed by atoms with Gasteiger partial charge in [0, 0.05) is 15.6 Å². The van der Waals surface area contributed by atoms with Crippen molar-refractivity contribution in [1.29, 1.82) is 0 Å². The number of hydrogen-bond donors (Lipinski definition) is 1. The van der Waals surface area contributed by atoms with Gasteiger partial charge in [-0.3, -0.25) is 0 Å². The van der Waals surface area contributed by atoms with Crippen molar-refractivity contribution >= 4 is 23.9 Å². The van der Waals surface area contributed by atoms with E-state index >= 15 is 0 Å². The zero-order valence-corrected chi connectivity index (χ0v) is 36.6. The van der Waals surface area contributed by atoms with Gasteiger partial charge in [-0.1, -0.05) is 161 Å². The number of methoxy groups -OCH3 is 3. The van der Waals surface area contributed by atoms with E-state index in [2.05, 4.69) is 161 Å². The molecule has 0 saturated heterocycles. The van der Waals surface area contributed by atoms with Crippen LogP contribution in [-0.4, -0.2) is 34.4 Å². The number of hydrogen-bond acceptors (Lipinski definition) is 4. The second-order valence-electron chi connectivity index (χ2n) is 20.5. The minimum atomic E-state index is -4.11. The second-order valence-corrected chi connectivity index (χ2v) is 23.6. The van der Waals surface area contributed by atoms with Crippen LogP contribution in [0.15, 0.2) is 36.4 Å². The molecule has 5 heteroatoms. The number of benzene rings is 3. The summed E-state index contributed by atoms with van der Waals surface area (Å²) in [5.74, 6) is 2.17. The van der Waals surface area contributed by atoms with Crippen molar-refractivity contribution in [3.8, 4) is 17.2 Å². The molecule has 1 N–H and O–H groups in total. The van der Waals surface area contributed by atoms with Gasteiger partial charge in [0.25, 0.3) is 8.32 Å². The van der Waals surface area contributed by atoms with E-state index < -0.39 is 8.32 Å². The van der Waals surface area contributed by atoms with E-state index in [9.17, 15) is 4.80 Å². The van der Waals surface area contributed by atoms with Gasteiger partial charge in [-0.15, -0.1) is 0 Å². The molecule has 50 heavy (non-hydrogen) atoms. The highest BCUT2D eigenvalue weighted by Crippen LogP contribution is 2.41. The summed E-state index contributed by atoms with van der Waals surface area (Å²) in [6.45, 7) is 40.1. The van der Waals surface area contributed by atoms with Crippen LogP contribution in [0.5, 0.6) is 17.2 Å². The molecule has 0 aliphatic carbocycles. The number of ether oxygens (including phenoxy) is 3. The van der Waals surface area contributed by atoms with E-state index in [-0.39, 0.29) is 32.5 Å². The van der Waals surface area contributed by atoms with Crippen molar-refractivity contribution in [3.63, 3.8) is 0 Å². The lowest BCUT2D eigenvalue weighted by Crippen LogP contribution is -2.69. The highest BCUT2D eigenvalue weighted by Gasteiger charge is 2.50. The molecular weight excluding hydrogens is 633 g/mol. The van der Waals surface area contributed by atoms with Gasteiger partial charge in [0.05, 0.1) is 21.3 Å². The maximum Gasteiger partial charge on any atom is 0.296 e. The summed E-state index contributed by atoms with van der Waals surface area (Å²) in [7, 11) is 1.12. The van der Waals surface area contributed by atoms with Crippen molar-refractivity contribution in [2.75, 3.05) is 21.3 Å². The van der Waals surface area contributed by atoms with Gasteiger partial charge in [-0.2, -0.15) is 0 Å². The Labute approximate surface area is 307 Å². The van der Waals surface area contributed by atoms with Crippen molar-refractivity contribution in [2.45, 2.75) is 157 Å². The normalized spacial score (nSPS) is 13.8. The van der Waals surface area contributed by atoms with Crippen molar-refractivity contribution < 1.29 is 19.0 Å². The van der Waals surface area contributed by atoms with E-state index in [1.165, 1.54) is 0 Å². The molecule has 0 amide bonds. The fourth-order valence-corrected chi connectivity index (χ4v) is 10.4. The third-order valence-corrected chi connectivity index (χ3v) is 13.5. The molecule has 0 spiro atoms.